The highest BCUT2D eigenvalue weighted by atomic mass is 35.5. The number of hydrogen-bond acceptors (Lipinski definition) is 2. The van der Waals surface area contributed by atoms with Crippen molar-refractivity contribution >= 4 is 20.0 Å². The molecule has 0 heterocycles. The number of nitrogens with one attached hydrogen (secondary N) is 1. The van der Waals surface area contributed by atoms with Crippen molar-refractivity contribution in [2.75, 3.05) is 0 Å². The molecule has 30 valence electrons. The van der Waals surface area contributed by atoms with Crippen LogP contribution >= 0.6 is 20.0 Å². The number of hydrogen-bond donors (Lipinski definition) is 1. The van der Waals surface area contributed by atoms with Crippen molar-refractivity contribution in [2.24, 2.45) is 0 Å². The molecule has 3 nitrogen and oxygen atoms in total. The van der Waals surface area contributed by atoms with Crippen LogP contribution in [-0.2, 0) is 4.57 Å². The highest BCUT2D eigenvalue weighted by molar-refractivity contribution is 7.35. The Hall–Kier alpha value is 0.310. The van der Waals surface area contributed by atoms with E-state index >= 15 is 0 Å². The zero-order chi connectivity index (χ0) is 4.28. The molecule has 0 spiro atoms. The lowest BCUT2D eigenvalue weighted by molar-refractivity contribution is -0.165. The molecule has 0 aliphatic carbocycles. The Bertz CT molecular complexity index is 44.9. The van der Waals surface area contributed by atoms with E-state index in [4.69, 9.17) is 9.46 Å². The van der Waals surface area contributed by atoms with Gasteiger partial charge in [0.15, 0.2) is 0 Å². The Kier molecular flexibility index (Phi) is 2.70. The van der Waals surface area contributed by atoms with E-state index in [0.717, 1.165) is 0 Å². The molecule has 1 N–H and O–H groups in total. The largest absolute Gasteiger partial charge is 0.577 e. The average Bonchev–Trinajstić information content (AvgIpc) is 1.38. The van der Waals surface area contributed by atoms with E-state index in [9.17, 15) is 0 Å². The standard InChI is InChI=1S/ClHNO2P/c1-2-5(3)4/h(H,2,3,4). The van der Waals surface area contributed by atoms with Crippen molar-refractivity contribution in [1.82, 2.24) is 4.61 Å². The van der Waals surface area contributed by atoms with Gasteiger partial charge in [0, 0.05) is 11.8 Å². The zero-order valence-electron chi connectivity index (χ0n) is 2.14. The van der Waals surface area contributed by atoms with E-state index in [1.165, 1.54) is 4.61 Å². The predicted octanol–water partition coefficient (Wildman–Crippen LogP) is -0.253. The molecule has 0 aromatic rings. The first-order valence-electron chi connectivity index (χ1n) is 0.778. The quantitative estimate of drug-likeness (QED) is 0.377. The van der Waals surface area contributed by atoms with Gasteiger partial charge in [-0.1, -0.05) is 4.57 Å². The third-order valence-electron chi connectivity index (χ3n) is 0.0690. The third-order valence-corrected chi connectivity index (χ3v) is 0.621. The van der Waals surface area contributed by atoms with Gasteiger partial charge >= 0.3 is 8.18 Å². The maximum Gasteiger partial charge on any atom is 0.424 e. The van der Waals surface area contributed by atoms with E-state index in [-0.39, 0.29) is 0 Å². The highest BCUT2D eigenvalue weighted by Crippen LogP contribution is 1.96. The van der Waals surface area contributed by atoms with Gasteiger partial charge in [-0.25, -0.2) is 0 Å². The first kappa shape index (κ1) is 5.31. The molecule has 0 aliphatic heterocycles. The van der Waals surface area contributed by atoms with Crippen LogP contribution in [0.4, 0.5) is 0 Å². The minimum Gasteiger partial charge on any atom is -0.577 e. The molecule has 5 heteroatoms. The summed E-state index contributed by atoms with van der Waals surface area (Å²) in [7, 11) is -2.58. The van der Waals surface area contributed by atoms with Gasteiger partial charge in [0.1, 0.15) is 0 Å². The molecule has 0 bridgehead atoms. The number of halogens is 1. The van der Waals surface area contributed by atoms with Crippen molar-refractivity contribution in [3.05, 3.63) is 0 Å². The van der Waals surface area contributed by atoms with Crippen LogP contribution in [0.2, 0.25) is 0 Å². The van der Waals surface area contributed by atoms with Crippen LogP contribution in [0.25, 0.3) is 0 Å². The summed E-state index contributed by atoms with van der Waals surface area (Å²) in [4.78, 5) is 9.16. The molecular formula is HClNO2P. The summed E-state index contributed by atoms with van der Waals surface area (Å²) in [5.74, 6) is 0. The van der Waals surface area contributed by atoms with Crippen LogP contribution in [0, 0.1) is 0 Å². The van der Waals surface area contributed by atoms with Crippen molar-refractivity contribution in [3.8, 4) is 0 Å². The summed E-state index contributed by atoms with van der Waals surface area (Å²) in [6, 6.07) is 0. The lowest BCUT2D eigenvalue weighted by Crippen LogP contribution is -1.93. The van der Waals surface area contributed by atoms with Crippen LogP contribution in [0.5, 0.6) is 0 Å². The van der Waals surface area contributed by atoms with Crippen LogP contribution < -0.4 is 9.50 Å². The molecule has 1 unspecified atom stereocenters. The fourth-order valence-corrected chi connectivity index (χ4v) is 0. The van der Waals surface area contributed by atoms with Gasteiger partial charge < -0.3 is 4.89 Å². The first-order valence-corrected chi connectivity index (χ1v) is 2.33. The van der Waals surface area contributed by atoms with Gasteiger partial charge in [-0.15, -0.1) is 0 Å². The minimum absolute atomic E-state index is 1.45. The Morgan fingerprint density at radius 3 is 2.20 bits per heavy atom. The predicted molar refractivity (Wildman–Crippen MR) is 16.6 cm³/mol. The van der Waals surface area contributed by atoms with E-state index in [0.29, 0.717) is 0 Å². The van der Waals surface area contributed by atoms with Gasteiger partial charge in [0.05, 0.1) is 0 Å². The molecule has 0 saturated heterocycles. The fourth-order valence-electron chi connectivity index (χ4n) is 0. The SMILES string of the molecule is O=[P+]([O-])NCl. The van der Waals surface area contributed by atoms with Gasteiger partial charge in [-0.2, -0.15) is 0 Å². The van der Waals surface area contributed by atoms with E-state index in [1.807, 2.05) is 0 Å². The van der Waals surface area contributed by atoms with Gasteiger partial charge in [0.25, 0.3) is 0 Å². The monoisotopic (exact) mass is 113 g/mol. The lowest BCUT2D eigenvalue weighted by Gasteiger charge is -1.69. The maximum absolute atomic E-state index is 9.16. The van der Waals surface area contributed by atoms with Gasteiger partial charge in [-0.05, 0) is 4.61 Å². The lowest BCUT2D eigenvalue weighted by atomic mass is 13.9. The molecule has 0 saturated carbocycles. The Labute approximate surface area is 35.0 Å². The topological polar surface area (TPSA) is 52.2 Å². The molecule has 0 fully saturated rings. The van der Waals surface area contributed by atoms with Crippen molar-refractivity contribution < 1.29 is 9.46 Å². The Balaban J connectivity index is 2.85. The molecule has 0 aromatic carbocycles. The van der Waals surface area contributed by atoms with Gasteiger partial charge in [0.2, 0.25) is 0 Å². The number of rotatable bonds is 1. The van der Waals surface area contributed by atoms with Crippen LogP contribution in [0.15, 0.2) is 0 Å². The molecular weight excluding hydrogens is 112 g/mol. The summed E-state index contributed by atoms with van der Waals surface area (Å²) in [6.07, 6.45) is 0. The molecule has 0 amide bonds. The van der Waals surface area contributed by atoms with Crippen LogP contribution in [0.3, 0.4) is 0 Å². The van der Waals surface area contributed by atoms with E-state index in [1.54, 1.807) is 0 Å². The smallest absolute Gasteiger partial charge is 0.424 e. The van der Waals surface area contributed by atoms with Crippen LogP contribution in [0.1, 0.15) is 0 Å². The molecule has 0 rings (SSSR count). The summed E-state index contributed by atoms with van der Waals surface area (Å²) in [5, 5.41) is 0. The molecule has 0 aromatic heterocycles. The average molecular weight is 113 g/mol. The first-order chi connectivity index (χ1) is 2.27. The summed E-state index contributed by atoms with van der Waals surface area (Å²) in [6.45, 7) is 0. The summed E-state index contributed by atoms with van der Waals surface area (Å²) in [5.41, 5.74) is 0. The van der Waals surface area contributed by atoms with Crippen molar-refractivity contribution in [2.45, 2.75) is 0 Å². The second kappa shape index (κ2) is 2.54. The van der Waals surface area contributed by atoms with Crippen molar-refractivity contribution in [1.29, 1.82) is 0 Å². The normalized spacial score (nSPS) is 11.2. The van der Waals surface area contributed by atoms with Gasteiger partial charge in [-0.3, -0.25) is 0 Å². The highest BCUT2D eigenvalue weighted by Gasteiger charge is 1.85. The molecule has 1 atom stereocenters. The zero-order valence-corrected chi connectivity index (χ0v) is 3.79. The maximum atomic E-state index is 9.16. The van der Waals surface area contributed by atoms with Crippen LogP contribution in [-0.4, -0.2) is 0 Å². The fraction of sp³-hybridized carbons (Fsp3) is 0. The second-order valence-corrected chi connectivity index (χ2v) is 1.53. The second-order valence-electron chi connectivity index (χ2n) is 0.342. The Morgan fingerprint density at radius 1 is 2.00 bits per heavy atom. The van der Waals surface area contributed by atoms with E-state index in [2.05, 4.69) is 11.8 Å². The van der Waals surface area contributed by atoms with Crippen molar-refractivity contribution in [3.63, 3.8) is 0 Å². The van der Waals surface area contributed by atoms with E-state index < -0.39 is 8.18 Å². The third kappa shape index (κ3) is 4.31. The summed E-state index contributed by atoms with van der Waals surface area (Å²) >= 11 is 4.49. The summed E-state index contributed by atoms with van der Waals surface area (Å²) < 4.78 is 10.6. The Morgan fingerprint density at radius 2 is 2.20 bits per heavy atom. The minimum atomic E-state index is -2.58. The molecule has 0 aliphatic rings. The molecule has 0 radical (unpaired) electrons. The molecule has 5 heavy (non-hydrogen) atoms.